The second kappa shape index (κ2) is 7.70. The van der Waals surface area contributed by atoms with Crippen LogP contribution in [0.3, 0.4) is 0 Å². The molecule has 1 aromatic carbocycles. The van der Waals surface area contributed by atoms with Crippen molar-refractivity contribution >= 4 is 39.6 Å². The van der Waals surface area contributed by atoms with Gasteiger partial charge in [-0.3, -0.25) is 30.5 Å². The molecule has 1 aliphatic carbocycles. The summed E-state index contributed by atoms with van der Waals surface area (Å²) in [4.78, 5) is 26.8. The number of nitro groups is 1. The molecule has 11 heteroatoms. The third-order valence-corrected chi connectivity index (χ3v) is 4.72. The van der Waals surface area contributed by atoms with Gasteiger partial charge in [0.05, 0.1) is 15.8 Å². The number of nitrogens with one attached hydrogen (secondary N) is 5. The first-order valence-corrected chi connectivity index (χ1v) is 9.29. The smallest absolute Gasteiger partial charge is 0.311 e. The highest BCUT2D eigenvalue weighted by Gasteiger charge is 2.24. The van der Waals surface area contributed by atoms with E-state index in [1.165, 1.54) is 12.1 Å². The molecule has 30 heavy (non-hydrogen) atoms. The van der Waals surface area contributed by atoms with Crippen molar-refractivity contribution < 1.29 is 4.92 Å². The first kappa shape index (κ1) is 19.2. The first-order valence-electron chi connectivity index (χ1n) is 9.29. The minimum atomic E-state index is -0.526. The standard InChI is InChI=1S/C19H20N8O3/c1-10(12-3-4-12)23-24-11(2)20-18-16(27(29)30)7-8-17(22-18)21-13-5-6-14-15(9-13)25-26-19(14)28/h5-9,12,24H,2-4H2,1H3,(H2,20,21,22)(H2,25,26,28)/b23-10+. The molecule has 2 heterocycles. The van der Waals surface area contributed by atoms with Crippen LogP contribution in [-0.4, -0.2) is 25.8 Å². The number of hydrogen-bond donors (Lipinski definition) is 5. The van der Waals surface area contributed by atoms with Crippen molar-refractivity contribution in [3.63, 3.8) is 0 Å². The number of rotatable bonds is 8. The summed E-state index contributed by atoms with van der Waals surface area (Å²) in [6, 6.07) is 7.97. The van der Waals surface area contributed by atoms with E-state index in [0.717, 1.165) is 18.6 Å². The van der Waals surface area contributed by atoms with Crippen LogP contribution in [-0.2, 0) is 0 Å². The molecule has 2 aromatic heterocycles. The molecule has 0 spiro atoms. The van der Waals surface area contributed by atoms with Crippen molar-refractivity contribution in [1.82, 2.24) is 20.6 Å². The van der Waals surface area contributed by atoms with Crippen molar-refractivity contribution in [2.24, 2.45) is 11.0 Å². The lowest BCUT2D eigenvalue weighted by Crippen LogP contribution is -2.16. The van der Waals surface area contributed by atoms with Gasteiger partial charge in [-0.15, -0.1) is 0 Å². The van der Waals surface area contributed by atoms with Crippen molar-refractivity contribution in [2.45, 2.75) is 19.8 Å². The minimum Gasteiger partial charge on any atom is -0.340 e. The number of benzene rings is 1. The molecule has 5 N–H and O–H groups in total. The van der Waals surface area contributed by atoms with Crippen molar-refractivity contribution in [1.29, 1.82) is 0 Å². The molecule has 4 rings (SSSR count). The Morgan fingerprint density at radius 2 is 2.10 bits per heavy atom. The second-order valence-corrected chi connectivity index (χ2v) is 7.03. The van der Waals surface area contributed by atoms with Gasteiger partial charge in [0.2, 0.25) is 5.82 Å². The summed E-state index contributed by atoms with van der Waals surface area (Å²) in [5, 5.41) is 27.3. The lowest BCUT2D eigenvalue weighted by Gasteiger charge is -2.11. The Morgan fingerprint density at radius 3 is 2.83 bits per heavy atom. The van der Waals surface area contributed by atoms with Gasteiger partial charge in [-0.2, -0.15) is 5.10 Å². The van der Waals surface area contributed by atoms with E-state index in [9.17, 15) is 14.9 Å². The van der Waals surface area contributed by atoms with Gasteiger partial charge >= 0.3 is 5.69 Å². The molecule has 0 atom stereocenters. The third-order valence-electron chi connectivity index (χ3n) is 4.72. The van der Waals surface area contributed by atoms with Crippen LogP contribution in [0.15, 0.2) is 52.6 Å². The number of aromatic amines is 2. The van der Waals surface area contributed by atoms with Crippen LogP contribution in [0.5, 0.6) is 0 Å². The van der Waals surface area contributed by atoms with Gasteiger partial charge in [0.1, 0.15) is 11.6 Å². The number of H-pyrrole nitrogens is 2. The molecule has 0 amide bonds. The van der Waals surface area contributed by atoms with Gasteiger partial charge in [-0.25, -0.2) is 4.98 Å². The SMILES string of the molecule is C=C(N/N=C(\C)C1CC1)Nc1nc(Nc2ccc3c(=O)[nH][nH]c3c2)ccc1[N+](=O)[O-]. The molecule has 11 nitrogen and oxygen atoms in total. The van der Waals surface area contributed by atoms with E-state index < -0.39 is 4.92 Å². The van der Waals surface area contributed by atoms with E-state index >= 15 is 0 Å². The molecule has 0 bridgehead atoms. The zero-order valence-electron chi connectivity index (χ0n) is 16.2. The molecule has 0 aliphatic heterocycles. The largest absolute Gasteiger partial charge is 0.340 e. The van der Waals surface area contributed by atoms with Crippen LogP contribution >= 0.6 is 0 Å². The molecule has 3 aromatic rings. The van der Waals surface area contributed by atoms with E-state index in [4.69, 9.17) is 0 Å². The number of aromatic nitrogens is 3. The normalized spacial score (nSPS) is 13.8. The molecule has 1 aliphatic rings. The van der Waals surface area contributed by atoms with Crippen molar-refractivity contribution in [3.8, 4) is 0 Å². The lowest BCUT2D eigenvalue weighted by atomic mass is 10.2. The molecule has 154 valence electrons. The lowest BCUT2D eigenvalue weighted by molar-refractivity contribution is -0.384. The Balaban J connectivity index is 1.53. The maximum absolute atomic E-state index is 11.6. The Morgan fingerprint density at radius 1 is 1.30 bits per heavy atom. The van der Waals surface area contributed by atoms with Gasteiger partial charge in [0.15, 0.2) is 0 Å². The van der Waals surface area contributed by atoms with Gasteiger partial charge in [0, 0.05) is 17.5 Å². The van der Waals surface area contributed by atoms with Crippen molar-refractivity contribution in [2.75, 3.05) is 10.6 Å². The molecule has 1 fully saturated rings. The van der Waals surface area contributed by atoms with Gasteiger partial charge in [-0.1, -0.05) is 6.58 Å². The zero-order valence-corrected chi connectivity index (χ0v) is 16.2. The highest BCUT2D eigenvalue weighted by Crippen LogP contribution is 2.30. The minimum absolute atomic E-state index is 0.0258. The number of fused-ring (bicyclic) bond motifs is 1. The van der Waals surface area contributed by atoms with E-state index in [0.29, 0.717) is 28.3 Å². The van der Waals surface area contributed by atoms with Gasteiger partial charge < -0.3 is 10.6 Å². The van der Waals surface area contributed by atoms with Crippen LogP contribution in [0.25, 0.3) is 10.9 Å². The van der Waals surface area contributed by atoms with Crippen LogP contribution in [0.2, 0.25) is 0 Å². The fraction of sp³-hybridized carbons (Fsp3) is 0.211. The maximum Gasteiger partial charge on any atom is 0.311 e. The average Bonchev–Trinajstić information content (AvgIpc) is 3.50. The Bertz CT molecular complexity index is 1220. The van der Waals surface area contributed by atoms with Crippen LogP contribution in [0.1, 0.15) is 19.8 Å². The summed E-state index contributed by atoms with van der Waals surface area (Å²) in [5.41, 5.74) is 4.63. The summed E-state index contributed by atoms with van der Waals surface area (Å²) >= 11 is 0. The van der Waals surface area contributed by atoms with E-state index in [-0.39, 0.29) is 22.9 Å². The summed E-state index contributed by atoms with van der Waals surface area (Å²) in [7, 11) is 0. The highest BCUT2D eigenvalue weighted by molar-refractivity contribution is 5.86. The number of anilines is 3. The van der Waals surface area contributed by atoms with Gasteiger partial charge in [0.25, 0.3) is 5.56 Å². The number of nitrogens with zero attached hydrogens (tertiary/aromatic N) is 3. The summed E-state index contributed by atoms with van der Waals surface area (Å²) in [6.45, 7) is 5.73. The molecule has 0 saturated heterocycles. The maximum atomic E-state index is 11.6. The fourth-order valence-corrected chi connectivity index (χ4v) is 2.94. The molecule has 1 saturated carbocycles. The predicted molar refractivity (Wildman–Crippen MR) is 115 cm³/mol. The topological polar surface area (TPSA) is 153 Å². The molecule has 0 radical (unpaired) electrons. The quantitative estimate of drug-likeness (QED) is 0.218. The zero-order chi connectivity index (χ0) is 21.3. The first-order chi connectivity index (χ1) is 14.4. The Hall–Kier alpha value is -4.15. The van der Waals surface area contributed by atoms with E-state index in [1.54, 1.807) is 18.2 Å². The number of hydrogen-bond acceptors (Lipinski definition) is 8. The van der Waals surface area contributed by atoms with Crippen molar-refractivity contribution in [3.05, 3.63) is 63.2 Å². The summed E-state index contributed by atoms with van der Waals surface area (Å²) < 4.78 is 0. The van der Waals surface area contributed by atoms with Crippen LogP contribution in [0, 0.1) is 16.0 Å². The molecule has 0 unspecified atom stereocenters. The number of pyridine rings is 1. The van der Waals surface area contributed by atoms with E-state index in [2.05, 4.69) is 42.9 Å². The Kier molecular flexibility index (Phi) is 4.92. The van der Waals surface area contributed by atoms with Crippen LogP contribution < -0.4 is 21.6 Å². The summed E-state index contributed by atoms with van der Waals surface area (Å²) in [5.74, 6) is 1.18. The Labute approximate surface area is 170 Å². The third kappa shape index (κ3) is 4.14. The molecular formula is C19H20N8O3. The van der Waals surface area contributed by atoms with Gasteiger partial charge in [-0.05, 0) is 49.9 Å². The summed E-state index contributed by atoms with van der Waals surface area (Å²) in [6.07, 6.45) is 2.25. The second-order valence-electron chi connectivity index (χ2n) is 7.03. The highest BCUT2D eigenvalue weighted by atomic mass is 16.6. The van der Waals surface area contributed by atoms with Crippen LogP contribution in [0.4, 0.5) is 23.0 Å². The average molecular weight is 408 g/mol. The molecular weight excluding hydrogens is 388 g/mol. The predicted octanol–water partition coefficient (Wildman–Crippen LogP) is 3.16. The fourth-order valence-electron chi connectivity index (χ4n) is 2.94. The number of hydrazone groups is 1. The van der Waals surface area contributed by atoms with E-state index in [1.807, 2.05) is 6.92 Å². The monoisotopic (exact) mass is 408 g/mol.